The molecule has 0 radical (unpaired) electrons. The molecule has 0 aliphatic carbocycles. The van der Waals surface area contributed by atoms with E-state index in [9.17, 15) is 0 Å². The molecular formula is C11H13BrN4O. The van der Waals surface area contributed by atoms with E-state index in [4.69, 9.17) is 4.52 Å². The van der Waals surface area contributed by atoms with Crippen molar-refractivity contribution in [2.75, 3.05) is 11.9 Å². The molecule has 0 saturated heterocycles. The third-order valence-electron chi connectivity index (χ3n) is 2.26. The van der Waals surface area contributed by atoms with Crippen LogP contribution in [0.15, 0.2) is 21.3 Å². The molecule has 17 heavy (non-hydrogen) atoms. The van der Waals surface area contributed by atoms with Crippen molar-refractivity contribution in [3.63, 3.8) is 0 Å². The highest BCUT2D eigenvalue weighted by Crippen LogP contribution is 2.16. The van der Waals surface area contributed by atoms with Gasteiger partial charge in [0.05, 0.1) is 0 Å². The van der Waals surface area contributed by atoms with E-state index in [0.29, 0.717) is 18.1 Å². The fraction of sp³-hybridized carbons (Fsp3) is 0.364. The molecule has 0 aromatic carbocycles. The number of aryl methyl sites for hydroxylation is 2. The summed E-state index contributed by atoms with van der Waals surface area (Å²) in [5.74, 6) is 2.19. The van der Waals surface area contributed by atoms with Crippen LogP contribution in [0.5, 0.6) is 0 Å². The van der Waals surface area contributed by atoms with E-state index < -0.39 is 0 Å². The molecule has 0 unspecified atom stereocenters. The van der Waals surface area contributed by atoms with Crippen LogP contribution in [-0.4, -0.2) is 21.7 Å². The largest absolute Gasteiger partial charge is 0.369 e. The van der Waals surface area contributed by atoms with E-state index in [-0.39, 0.29) is 0 Å². The molecule has 2 aromatic heterocycles. The Kier molecular flexibility index (Phi) is 3.73. The van der Waals surface area contributed by atoms with E-state index in [2.05, 4.69) is 36.4 Å². The third-order valence-corrected chi connectivity index (χ3v) is 2.69. The number of rotatable bonds is 4. The monoisotopic (exact) mass is 296 g/mol. The molecule has 0 saturated carbocycles. The summed E-state index contributed by atoms with van der Waals surface area (Å²) in [5.41, 5.74) is 1.10. The van der Waals surface area contributed by atoms with E-state index in [1.54, 1.807) is 13.1 Å². The van der Waals surface area contributed by atoms with Crippen LogP contribution in [0.3, 0.4) is 0 Å². The van der Waals surface area contributed by atoms with Crippen molar-refractivity contribution < 1.29 is 4.52 Å². The minimum absolute atomic E-state index is 0.595. The van der Waals surface area contributed by atoms with Gasteiger partial charge in [-0.05, 0) is 34.5 Å². The number of halogens is 1. The maximum Gasteiger partial charge on any atom is 0.223 e. The Morgan fingerprint density at radius 2 is 2.24 bits per heavy atom. The van der Waals surface area contributed by atoms with Gasteiger partial charge in [0.2, 0.25) is 5.89 Å². The highest BCUT2D eigenvalue weighted by atomic mass is 79.9. The second-order valence-electron chi connectivity index (χ2n) is 3.73. The van der Waals surface area contributed by atoms with E-state index in [1.165, 1.54) is 0 Å². The summed E-state index contributed by atoms with van der Waals surface area (Å²) < 4.78 is 5.88. The lowest BCUT2D eigenvalue weighted by atomic mass is 10.3. The zero-order valence-electron chi connectivity index (χ0n) is 9.70. The van der Waals surface area contributed by atoms with Crippen molar-refractivity contribution in [2.24, 2.45) is 0 Å². The molecule has 90 valence electrons. The lowest BCUT2D eigenvalue weighted by Crippen LogP contribution is -2.08. The summed E-state index contributed by atoms with van der Waals surface area (Å²) in [5, 5.41) is 7.07. The lowest BCUT2D eigenvalue weighted by molar-refractivity contribution is 0.387. The molecule has 0 fully saturated rings. The van der Waals surface area contributed by atoms with Crippen LogP contribution in [0.1, 0.15) is 17.3 Å². The van der Waals surface area contributed by atoms with E-state index >= 15 is 0 Å². The predicted molar refractivity (Wildman–Crippen MR) is 67.9 cm³/mol. The molecule has 2 rings (SSSR count). The molecule has 0 bridgehead atoms. The van der Waals surface area contributed by atoms with Crippen molar-refractivity contribution in [2.45, 2.75) is 20.3 Å². The number of pyridine rings is 1. The van der Waals surface area contributed by atoms with Crippen LogP contribution in [0.4, 0.5) is 5.82 Å². The Hall–Kier alpha value is -1.43. The van der Waals surface area contributed by atoms with Crippen LogP contribution in [0, 0.1) is 13.8 Å². The molecular weight excluding hydrogens is 284 g/mol. The maximum absolute atomic E-state index is 4.90. The van der Waals surface area contributed by atoms with Crippen molar-refractivity contribution in [1.82, 2.24) is 15.1 Å². The Morgan fingerprint density at radius 3 is 2.88 bits per heavy atom. The average molecular weight is 297 g/mol. The van der Waals surface area contributed by atoms with Gasteiger partial charge in [-0.1, -0.05) is 5.16 Å². The molecule has 0 aliphatic heterocycles. The highest BCUT2D eigenvalue weighted by Gasteiger charge is 2.03. The summed E-state index contributed by atoms with van der Waals surface area (Å²) in [7, 11) is 0. The Labute approximate surface area is 108 Å². The summed E-state index contributed by atoms with van der Waals surface area (Å²) in [6.45, 7) is 4.53. The van der Waals surface area contributed by atoms with Crippen molar-refractivity contribution in [1.29, 1.82) is 0 Å². The standard InChI is InChI=1S/C11H13BrN4O/c1-7-5-9(12)6-14-11(7)13-4-3-10-15-8(2)17-16-10/h5-6H,3-4H2,1-2H3,(H,13,14). The topological polar surface area (TPSA) is 63.8 Å². The minimum atomic E-state index is 0.595. The van der Waals surface area contributed by atoms with Gasteiger partial charge in [-0.15, -0.1) is 0 Å². The zero-order chi connectivity index (χ0) is 12.3. The maximum atomic E-state index is 4.90. The van der Waals surface area contributed by atoms with Crippen LogP contribution < -0.4 is 5.32 Å². The average Bonchev–Trinajstić information content (AvgIpc) is 2.68. The van der Waals surface area contributed by atoms with Crippen molar-refractivity contribution in [3.8, 4) is 0 Å². The van der Waals surface area contributed by atoms with Gasteiger partial charge in [0.15, 0.2) is 5.82 Å². The number of aromatic nitrogens is 3. The van der Waals surface area contributed by atoms with Crippen LogP contribution in [-0.2, 0) is 6.42 Å². The minimum Gasteiger partial charge on any atom is -0.369 e. The zero-order valence-corrected chi connectivity index (χ0v) is 11.3. The lowest BCUT2D eigenvalue weighted by Gasteiger charge is -2.07. The van der Waals surface area contributed by atoms with Crippen LogP contribution in [0.25, 0.3) is 0 Å². The summed E-state index contributed by atoms with van der Waals surface area (Å²) >= 11 is 3.38. The quantitative estimate of drug-likeness (QED) is 0.939. The smallest absolute Gasteiger partial charge is 0.223 e. The van der Waals surface area contributed by atoms with Crippen LogP contribution in [0.2, 0.25) is 0 Å². The molecule has 5 nitrogen and oxygen atoms in total. The van der Waals surface area contributed by atoms with Gasteiger partial charge in [-0.25, -0.2) is 4.98 Å². The van der Waals surface area contributed by atoms with E-state index in [0.717, 1.165) is 22.4 Å². The summed E-state index contributed by atoms with van der Waals surface area (Å²) in [6.07, 6.45) is 2.49. The third kappa shape index (κ3) is 3.26. The first kappa shape index (κ1) is 12.0. The van der Waals surface area contributed by atoms with Gasteiger partial charge in [0.25, 0.3) is 0 Å². The summed E-state index contributed by atoms with van der Waals surface area (Å²) in [4.78, 5) is 8.42. The number of anilines is 1. The normalized spacial score (nSPS) is 10.5. The molecule has 2 aromatic rings. The van der Waals surface area contributed by atoms with Gasteiger partial charge < -0.3 is 9.84 Å². The number of hydrogen-bond acceptors (Lipinski definition) is 5. The Bertz CT molecular complexity index is 512. The molecule has 0 amide bonds. The fourth-order valence-corrected chi connectivity index (χ4v) is 1.91. The Balaban J connectivity index is 1.90. The van der Waals surface area contributed by atoms with Gasteiger partial charge in [-0.2, -0.15) is 4.98 Å². The number of hydrogen-bond donors (Lipinski definition) is 1. The first-order valence-corrected chi connectivity index (χ1v) is 6.09. The highest BCUT2D eigenvalue weighted by molar-refractivity contribution is 9.10. The fourth-order valence-electron chi connectivity index (χ4n) is 1.46. The van der Waals surface area contributed by atoms with E-state index in [1.807, 2.05) is 13.0 Å². The summed E-state index contributed by atoms with van der Waals surface area (Å²) in [6, 6.07) is 2.02. The second kappa shape index (κ2) is 5.27. The van der Waals surface area contributed by atoms with Crippen molar-refractivity contribution in [3.05, 3.63) is 34.0 Å². The predicted octanol–water partition coefficient (Wildman–Crippen LogP) is 2.50. The van der Waals surface area contributed by atoms with Gasteiger partial charge in [0.1, 0.15) is 5.82 Å². The number of nitrogens with one attached hydrogen (secondary N) is 1. The molecule has 1 N–H and O–H groups in total. The Morgan fingerprint density at radius 1 is 1.41 bits per heavy atom. The molecule has 0 atom stereocenters. The van der Waals surface area contributed by atoms with Gasteiger partial charge in [-0.3, -0.25) is 0 Å². The van der Waals surface area contributed by atoms with Crippen molar-refractivity contribution >= 4 is 21.7 Å². The first-order chi connectivity index (χ1) is 8.15. The first-order valence-electron chi connectivity index (χ1n) is 5.30. The van der Waals surface area contributed by atoms with Crippen LogP contribution >= 0.6 is 15.9 Å². The van der Waals surface area contributed by atoms with Gasteiger partial charge in [0, 0.05) is 30.6 Å². The number of nitrogens with zero attached hydrogens (tertiary/aromatic N) is 3. The second-order valence-corrected chi connectivity index (χ2v) is 4.64. The molecule has 0 spiro atoms. The molecule has 2 heterocycles. The molecule has 6 heteroatoms. The van der Waals surface area contributed by atoms with Gasteiger partial charge >= 0.3 is 0 Å². The SMILES string of the molecule is Cc1nc(CCNc2ncc(Br)cc2C)no1. The molecule has 0 aliphatic rings.